The van der Waals surface area contributed by atoms with Crippen molar-refractivity contribution in [1.29, 1.82) is 0 Å². The van der Waals surface area contributed by atoms with E-state index in [0.717, 1.165) is 34.9 Å². The van der Waals surface area contributed by atoms with Crippen LogP contribution in [-0.2, 0) is 11.2 Å². The van der Waals surface area contributed by atoms with Crippen LogP contribution in [0.3, 0.4) is 0 Å². The number of carbonyl (C=O) groups excluding carboxylic acids is 1. The van der Waals surface area contributed by atoms with Crippen LogP contribution in [0.15, 0.2) is 58.7 Å². The number of hydrogen-bond acceptors (Lipinski definition) is 2. The van der Waals surface area contributed by atoms with E-state index in [1.807, 2.05) is 18.2 Å². The van der Waals surface area contributed by atoms with Crippen LogP contribution in [0.5, 0.6) is 0 Å². The Labute approximate surface area is 147 Å². The van der Waals surface area contributed by atoms with Crippen LogP contribution in [0.2, 0.25) is 0 Å². The smallest absolute Gasteiger partial charge is 0.224 e. The third-order valence-corrected chi connectivity index (χ3v) is 5.04. The van der Waals surface area contributed by atoms with Gasteiger partial charge >= 0.3 is 0 Å². The van der Waals surface area contributed by atoms with E-state index < -0.39 is 0 Å². The fourth-order valence-electron chi connectivity index (χ4n) is 3.73. The molecule has 0 unspecified atom stereocenters. The SMILES string of the molecule is O=C(Cc1coc2ccc3ccccc3c12)NCCC1=CCCCC1. The summed E-state index contributed by atoms with van der Waals surface area (Å²) in [7, 11) is 0. The molecule has 1 N–H and O–H groups in total. The molecule has 128 valence electrons. The van der Waals surface area contributed by atoms with Gasteiger partial charge in [-0.3, -0.25) is 4.79 Å². The summed E-state index contributed by atoms with van der Waals surface area (Å²) >= 11 is 0. The van der Waals surface area contributed by atoms with Crippen molar-refractivity contribution in [2.75, 3.05) is 6.54 Å². The number of benzene rings is 2. The van der Waals surface area contributed by atoms with E-state index in [1.54, 1.807) is 6.26 Å². The first kappa shape index (κ1) is 15.9. The lowest BCUT2D eigenvalue weighted by atomic mass is 9.97. The van der Waals surface area contributed by atoms with Crippen molar-refractivity contribution in [3.05, 3.63) is 59.9 Å². The lowest BCUT2D eigenvalue weighted by Crippen LogP contribution is -2.26. The minimum Gasteiger partial charge on any atom is -0.464 e. The van der Waals surface area contributed by atoms with E-state index in [2.05, 4.69) is 29.6 Å². The molecule has 3 aromatic rings. The van der Waals surface area contributed by atoms with Crippen molar-refractivity contribution in [2.24, 2.45) is 0 Å². The third-order valence-electron chi connectivity index (χ3n) is 5.04. The van der Waals surface area contributed by atoms with Crippen LogP contribution in [0.1, 0.15) is 37.7 Å². The Morgan fingerprint density at radius 3 is 2.92 bits per heavy atom. The number of nitrogens with one attached hydrogen (secondary N) is 1. The van der Waals surface area contributed by atoms with E-state index in [1.165, 1.54) is 36.6 Å². The minimum absolute atomic E-state index is 0.0621. The summed E-state index contributed by atoms with van der Waals surface area (Å²) in [5.74, 6) is 0.0621. The topological polar surface area (TPSA) is 42.2 Å². The standard InChI is InChI=1S/C22H23NO2/c24-21(23-13-12-16-6-2-1-3-7-16)14-18-15-25-20-11-10-17-8-4-5-9-19(17)22(18)20/h4-6,8-11,15H,1-3,7,12-14H2,(H,23,24). The quantitative estimate of drug-likeness (QED) is 0.657. The molecule has 1 amide bonds. The molecule has 25 heavy (non-hydrogen) atoms. The highest BCUT2D eigenvalue weighted by Gasteiger charge is 2.13. The van der Waals surface area contributed by atoms with E-state index in [-0.39, 0.29) is 5.91 Å². The Morgan fingerprint density at radius 1 is 1.12 bits per heavy atom. The molecule has 0 atom stereocenters. The average molecular weight is 333 g/mol. The normalized spacial score (nSPS) is 14.6. The monoisotopic (exact) mass is 333 g/mol. The van der Waals surface area contributed by atoms with Gasteiger partial charge in [0.1, 0.15) is 5.58 Å². The molecule has 4 rings (SSSR count). The average Bonchev–Trinajstić information content (AvgIpc) is 3.06. The zero-order valence-electron chi connectivity index (χ0n) is 14.4. The summed E-state index contributed by atoms with van der Waals surface area (Å²) in [6.07, 6.45) is 10.4. The summed E-state index contributed by atoms with van der Waals surface area (Å²) in [4.78, 5) is 12.4. The predicted molar refractivity (Wildman–Crippen MR) is 102 cm³/mol. The maximum atomic E-state index is 12.4. The molecule has 0 spiro atoms. The number of hydrogen-bond donors (Lipinski definition) is 1. The molecule has 0 radical (unpaired) electrons. The summed E-state index contributed by atoms with van der Waals surface area (Å²) in [6, 6.07) is 12.3. The summed E-state index contributed by atoms with van der Waals surface area (Å²) in [5, 5.41) is 6.43. The van der Waals surface area contributed by atoms with E-state index in [0.29, 0.717) is 6.42 Å². The van der Waals surface area contributed by atoms with Crippen molar-refractivity contribution >= 4 is 27.6 Å². The van der Waals surface area contributed by atoms with Crippen LogP contribution in [0.4, 0.5) is 0 Å². The molecular formula is C22H23NO2. The van der Waals surface area contributed by atoms with Crippen molar-refractivity contribution in [2.45, 2.75) is 38.5 Å². The fraction of sp³-hybridized carbons (Fsp3) is 0.318. The van der Waals surface area contributed by atoms with Crippen LogP contribution < -0.4 is 5.32 Å². The van der Waals surface area contributed by atoms with Gasteiger partial charge in [-0.2, -0.15) is 0 Å². The van der Waals surface area contributed by atoms with E-state index in [9.17, 15) is 4.79 Å². The predicted octanol–water partition coefficient (Wildman–Crippen LogP) is 5.14. The number of rotatable bonds is 5. The molecule has 1 aromatic heterocycles. The van der Waals surface area contributed by atoms with Crippen LogP contribution in [0, 0.1) is 0 Å². The van der Waals surface area contributed by atoms with Gasteiger partial charge in [0, 0.05) is 17.5 Å². The number of allylic oxidation sites excluding steroid dienone is 1. The van der Waals surface area contributed by atoms with E-state index >= 15 is 0 Å². The Kier molecular flexibility index (Phi) is 4.55. The van der Waals surface area contributed by atoms with Crippen LogP contribution in [-0.4, -0.2) is 12.5 Å². The minimum atomic E-state index is 0.0621. The lowest BCUT2D eigenvalue weighted by Gasteiger charge is -2.12. The second kappa shape index (κ2) is 7.14. The van der Waals surface area contributed by atoms with Gasteiger partial charge in [0.05, 0.1) is 12.7 Å². The van der Waals surface area contributed by atoms with Gasteiger partial charge in [-0.1, -0.05) is 42.0 Å². The first-order valence-corrected chi connectivity index (χ1v) is 9.14. The zero-order valence-corrected chi connectivity index (χ0v) is 14.4. The molecule has 0 saturated heterocycles. The highest BCUT2D eigenvalue weighted by molar-refractivity contribution is 6.08. The maximum absolute atomic E-state index is 12.4. The zero-order chi connectivity index (χ0) is 17.1. The van der Waals surface area contributed by atoms with E-state index in [4.69, 9.17) is 4.42 Å². The summed E-state index contributed by atoms with van der Waals surface area (Å²) < 4.78 is 5.67. The van der Waals surface area contributed by atoms with Crippen molar-refractivity contribution in [1.82, 2.24) is 5.32 Å². The Morgan fingerprint density at radius 2 is 2.04 bits per heavy atom. The molecule has 0 aliphatic heterocycles. The molecule has 0 bridgehead atoms. The number of fused-ring (bicyclic) bond motifs is 3. The number of amides is 1. The van der Waals surface area contributed by atoms with Crippen LogP contribution >= 0.6 is 0 Å². The van der Waals surface area contributed by atoms with Crippen LogP contribution in [0.25, 0.3) is 21.7 Å². The summed E-state index contributed by atoms with van der Waals surface area (Å²) in [6.45, 7) is 0.723. The molecule has 0 saturated carbocycles. The number of furan rings is 1. The third kappa shape index (κ3) is 3.46. The largest absolute Gasteiger partial charge is 0.464 e. The molecule has 3 nitrogen and oxygen atoms in total. The van der Waals surface area contributed by atoms with Gasteiger partial charge in [-0.05, 0) is 48.9 Å². The highest BCUT2D eigenvalue weighted by Crippen LogP contribution is 2.30. The van der Waals surface area contributed by atoms with Gasteiger partial charge in [0.2, 0.25) is 5.91 Å². The second-order valence-corrected chi connectivity index (χ2v) is 6.81. The number of carbonyl (C=O) groups is 1. The Hall–Kier alpha value is -2.55. The highest BCUT2D eigenvalue weighted by atomic mass is 16.3. The first-order chi connectivity index (χ1) is 12.3. The van der Waals surface area contributed by atoms with Crippen molar-refractivity contribution < 1.29 is 9.21 Å². The van der Waals surface area contributed by atoms with Crippen molar-refractivity contribution in [3.63, 3.8) is 0 Å². The lowest BCUT2D eigenvalue weighted by molar-refractivity contribution is -0.120. The molecule has 2 aromatic carbocycles. The molecular weight excluding hydrogens is 310 g/mol. The van der Waals surface area contributed by atoms with Crippen molar-refractivity contribution in [3.8, 4) is 0 Å². The first-order valence-electron chi connectivity index (χ1n) is 9.14. The molecule has 1 aliphatic carbocycles. The Bertz CT molecular complexity index is 936. The fourth-order valence-corrected chi connectivity index (χ4v) is 3.73. The molecule has 1 heterocycles. The van der Waals surface area contributed by atoms with Gasteiger partial charge in [0.25, 0.3) is 0 Å². The molecule has 3 heteroatoms. The molecule has 0 fully saturated rings. The second-order valence-electron chi connectivity index (χ2n) is 6.81. The summed E-state index contributed by atoms with van der Waals surface area (Å²) in [5.41, 5.74) is 3.29. The van der Waals surface area contributed by atoms with Gasteiger partial charge in [-0.25, -0.2) is 0 Å². The van der Waals surface area contributed by atoms with Gasteiger partial charge < -0.3 is 9.73 Å². The van der Waals surface area contributed by atoms with Gasteiger partial charge in [0.15, 0.2) is 0 Å². The molecule has 1 aliphatic rings. The Balaban J connectivity index is 1.46. The maximum Gasteiger partial charge on any atom is 0.224 e. The van der Waals surface area contributed by atoms with Gasteiger partial charge in [-0.15, -0.1) is 0 Å².